The van der Waals surface area contributed by atoms with Gasteiger partial charge in [-0.2, -0.15) is 0 Å². The quantitative estimate of drug-likeness (QED) is 0.824. The van der Waals surface area contributed by atoms with Gasteiger partial charge in [0.25, 0.3) is 0 Å². The molecule has 2 rings (SSSR count). The maximum Gasteiger partial charge on any atom is 0.304 e. The standard InChI is InChI=1S/C14H18N4O2S/c1-17(2)11-6-4-10(5-7-11)13-15-16-14(18(13)3)21-9-8-12(19)20/h4-7H,8-9H2,1-3H3,(H,19,20). The third-order valence-corrected chi connectivity index (χ3v) is 4.05. The number of benzene rings is 1. The van der Waals surface area contributed by atoms with Crippen LogP contribution >= 0.6 is 11.8 Å². The lowest BCUT2D eigenvalue weighted by atomic mass is 10.2. The van der Waals surface area contributed by atoms with Crippen LogP contribution in [-0.2, 0) is 11.8 Å². The lowest BCUT2D eigenvalue weighted by Crippen LogP contribution is -2.08. The Labute approximate surface area is 127 Å². The van der Waals surface area contributed by atoms with Crippen LogP contribution in [0, 0.1) is 0 Å². The molecular formula is C14H18N4O2S. The van der Waals surface area contributed by atoms with Crippen molar-refractivity contribution >= 4 is 23.4 Å². The van der Waals surface area contributed by atoms with Crippen LogP contribution in [-0.4, -0.2) is 45.7 Å². The van der Waals surface area contributed by atoms with Crippen molar-refractivity contribution in [2.75, 3.05) is 24.7 Å². The maximum atomic E-state index is 10.5. The highest BCUT2D eigenvalue weighted by Crippen LogP contribution is 2.24. The molecule has 0 aliphatic rings. The minimum absolute atomic E-state index is 0.115. The van der Waals surface area contributed by atoms with Crippen molar-refractivity contribution in [1.29, 1.82) is 0 Å². The molecule has 0 aliphatic heterocycles. The van der Waals surface area contributed by atoms with Crippen LogP contribution in [0.25, 0.3) is 11.4 Å². The van der Waals surface area contributed by atoms with E-state index in [1.165, 1.54) is 11.8 Å². The Bertz CT molecular complexity index is 622. The van der Waals surface area contributed by atoms with Crippen LogP contribution in [0.2, 0.25) is 0 Å². The van der Waals surface area contributed by atoms with Gasteiger partial charge < -0.3 is 14.6 Å². The average molecular weight is 306 g/mol. The largest absolute Gasteiger partial charge is 0.481 e. The fourth-order valence-electron chi connectivity index (χ4n) is 1.83. The third-order valence-electron chi connectivity index (χ3n) is 3.02. The zero-order valence-corrected chi connectivity index (χ0v) is 13.1. The van der Waals surface area contributed by atoms with Gasteiger partial charge in [0.1, 0.15) is 0 Å². The molecule has 7 heteroatoms. The molecule has 0 saturated carbocycles. The van der Waals surface area contributed by atoms with Crippen molar-refractivity contribution in [2.24, 2.45) is 7.05 Å². The molecule has 0 atom stereocenters. The van der Waals surface area contributed by atoms with Crippen LogP contribution in [0.5, 0.6) is 0 Å². The zero-order valence-electron chi connectivity index (χ0n) is 12.3. The maximum absolute atomic E-state index is 10.5. The fourth-order valence-corrected chi connectivity index (χ4v) is 2.67. The second kappa shape index (κ2) is 6.62. The van der Waals surface area contributed by atoms with Crippen LogP contribution < -0.4 is 4.90 Å². The van der Waals surface area contributed by atoms with Crippen molar-refractivity contribution in [3.63, 3.8) is 0 Å². The van der Waals surface area contributed by atoms with E-state index in [1.807, 2.05) is 54.9 Å². The Morgan fingerprint density at radius 2 is 1.95 bits per heavy atom. The average Bonchev–Trinajstić information content (AvgIpc) is 2.80. The summed E-state index contributed by atoms with van der Waals surface area (Å²) in [6, 6.07) is 8.07. The number of carboxylic acid groups (broad SMARTS) is 1. The number of anilines is 1. The van der Waals surface area contributed by atoms with Gasteiger partial charge >= 0.3 is 5.97 Å². The molecule has 0 saturated heterocycles. The first kappa shape index (κ1) is 15.4. The number of aliphatic carboxylic acids is 1. The normalized spacial score (nSPS) is 10.6. The van der Waals surface area contributed by atoms with Gasteiger partial charge in [0, 0.05) is 38.1 Å². The summed E-state index contributed by atoms with van der Waals surface area (Å²) in [6.07, 6.45) is 0.115. The van der Waals surface area contributed by atoms with E-state index in [2.05, 4.69) is 10.2 Å². The van der Waals surface area contributed by atoms with Crippen LogP contribution in [0.3, 0.4) is 0 Å². The highest BCUT2D eigenvalue weighted by molar-refractivity contribution is 7.99. The highest BCUT2D eigenvalue weighted by atomic mass is 32.2. The molecule has 21 heavy (non-hydrogen) atoms. The summed E-state index contributed by atoms with van der Waals surface area (Å²) in [5.74, 6) is 0.461. The van der Waals surface area contributed by atoms with Crippen molar-refractivity contribution in [1.82, 2.24) is 14.8 Å². The van der Waals surface area contributed by atoms with Crippen LogP contribution in [0.15, 0.2) is 29.4 Å². The molecule has 1 N–H and O–H groups in total. The fraction of sp³-hybridized carbons (Fsp3) is 0.357. The summed E-state index contributed by atoms with van der Waals surface area (Å²) in [5.41, 5.74) is 2.11. The van der Waals surface area contributed by atoms with Crippen molar-refractivity contribution in [2.45, 2.75) is 11.6 Å². The molecule has 112 valence electrons. The number of thioether (sulfide) groups is 1. The van der Waals surface area contributed by atoms with E-state index in [9.17, 15) is 4.79 Å². The van der Waals surface area contributed by atoms with Gasteiger partial charge in [0.05, 0.1) is 6.42 Å². The van der Waals surface area contributed by atoms with Gasteiger partial charge in [0.15, 0.2) is 11.0 Å². The Hall–Kier alpha value is -2.02. The van der Waals surface area contributed by atoms with Crippen LogP contribution in [0.1, 0.15) is 6.42 Å². The second-order valence-electron chi connectivity index (χ2n) is 4.80. The SMILES string of the molecule is CN(C)c1ccc(-c2nnc(SCCC(=O)O)n2C)cc1. The Balaban J connectivity index is 2.13. The number of carboxylic acids is 1. The van der Waals surface area contributed by atoms with Gasteiger partial charge in [0.2, 0.25) is 0 Å². The molecule has 1 aromatic heterocycles. The Morgan fingerprint density at radius 1 is 1.29 bits per heavy atom. The van der Waals surface area contributed by atoms with Crippen molar-refractivity contribution < 1.29 is 9.90 Å². The minimum atomic E-state index is -0.802. The van der Waals surface area contributed by atoms with Gasteiger partial charge in [-0.1, -0.05) is 11.8 Å². The van der Waals surface area contributed by atoms with E-state index in [-0.39, 0.29) is 6.42 Å². The first-order valence-corrected chi connectivity index (χ1v) is 7.49. The monoisotopic (exact) mass is 306 g/mol. The molecule has 0 spiro atoms. The molecule has 6 nitrogen and oxygen atoms in total. The molecule has 2 aromatic rings. The first-order valence-electron chi connectivity index (χ1n) is 6.51. The summed E-state index contributed by atoms with van der Waals surface area (Å²) in [4.78, 5) is 12.6. The van der Waals surface area contributed by atoms with E-state index in [1.54, 1.807) is 0 Å². The van der Waals surface area contributed by atoms with Crippen molar-refractivity contribution in [3.8, 4) is 11.4 Å². The molecular weight excluding hydrogens is 288 g/mol. The number of carbonyl (C=O) groups is 1. The number of hydrogen-bond acceptors (Lipinski definition) is 5. The number of rotatable bonds is 6. The molecule has 0 amide bonds. The van der Waals surface area contributed by atoms with E-state index in [0.717, 1.165) is 22.2 Å². The molecule has 0 fully saturated rings. The smallest absolute Gasteiger partial charge is 0.304 e. The Morgan fingerprint density at radius 3 is 2.52 bits per heavy atom. The van der Waals surface area contributed by atoms with Crippen LogP contribution in [0.4, 0.5) is 5.69 Å². The summed E-state index contributed by atoms with van der Waals surface area (Å²) < 4.78 is 1.89. The van der Waals surface area contributed by atoms with E-state index >= 15 is 0 Å². The summed E-state index contributed by atoms with van der Waals surface area (Å²) in [7, 11) is 5.88. The predicted octanol–water partition coefficient (Wildman–Crippen LogP) is 2.11. The summed E-state index contributed by atoms with van der Waals surface area (Å²) in [5, 5.41) is 17.7. The minimum Gasteiger partial charge on any atom is -0.481 e. The van der Waals surface area contributed by atoms with Crippen molar-refractivity contribution in [3.05, 3.63) is 24.3 Å². The second-order valence-corrected chi connectivity index (χ2v) is 5.86. The number of aromatic nitrogens is 3. The molecule has 0 unspecified atom stereocenters. The first-order chi connectivity index (χ1) is 9.99. The van der Waals surface area contributed by atoms with E-state index in [0.29, 0.717) is 5.75 Å². The topological polar surface area (TPSA) is 71.2 Å². The van der Waals surface area contributed by atoms with Gasteiger partial charge in [-0.3, -0.25) is 4.79 Å². The van der Waals surface area contributed by atoms with Gasteiger partial charge in [-0.25, -0.2) is 0 Å². The molecule has 0 radical (unpaired) electrons. The molecule has 1 aromatic carbocycles. The number of hydrogen-bond donors (Lipinski definition) is 1. The summed E-state index contributed by atoms with van der Waals surface area (Å²) >= 11 is 1.40. The predicted molar refractivity (Wildman–Crippen MR) is 83.7 cm³/mol. The molecule has 0 bridgehead atoms. The van der Waals surface area contributed by atoms with Gasteiger partial charge in [-0.05, 0) is 24.3 Å². The van der Waals surface area contributed by atoms with E-state index in [4.69, 9.17) is 5.11 Å². The summed E-state index contributed by atoms with van der Waals surface area (Å²) in [6.45, 7) is 0. The molecule has 1 heterocycles. The Kier molecular flexibility index (Phi) is 4.85. The number of nitrogens with zero attached hydrogens (tertiary/aromatic N) is 4. The lowest BCUT2D eigenvalue weighted by Gasteiger charge is -2.12. The zero-order chi connectivity index (χ0) is 15.4. The molecule has 0 aliphatic carbocycles. The highest BCUT2D eigenvalue weighted by Gasteiger charge is 2.11. The van der Waals surface area contributed by atoms with E-state index < -0.39 is 5.97 Å². The van der Waals surface area contributed by atoms with Gasteiger partial charge in [-0.15, -0.1) is 10.2 Å². The third kappa shape index (κ3) is 3.75. The lowest BCUT2D eigenvalue weighted by molar-refractivity contribution is -0.136.